The molecule has 19 heavy (non-hydrogen) atoms. The van der Waals surface area contributed by atoms with Gasteiger partial charge in [0, 0.05) is 0 Å². The fourth-order valence-corrected chi connectivity index (χ4v) is 1.55. The third-order valence-electron chi connectivity index (χ3n) is 2.12. The number of carbonyl (C=O) groups excluding carboxylic acids is 1. The van der Waals surface area contributed by atoms with Crippen molar-refractivity contribution in [2.45, 2.75) is 13.3 Å². The molecule has 0 aliphatic heterocycles. The van der Waals surface area contributed by atoms with Crippen molar-refractivity contribution in [2.75, 3.05) is 18.5 Å². The van der Waals surface area contributed by atoms with Crippen molar-refractivity contribution in [1.82, 2.24) is 0 Å². The highest BCUT2D eigenvalue weighted by Crippen LogP contribution is 2.33. The molecule has 0 heterocycles. The molecule has 4 nitrogen and oxygen atoms in total. The summed E-state index contributed by atoms with van der Waals surface area (Å²) in [6, 6.07) is 4.75. The first-order valence-corrected chi connectivity index (χ1v) is 6.07. The summed E-state index contributed by atoms with van der Waals surface area (Å²) in [7, 11) is 0. The summed E-state index contributed by atoms with van der Waals surface area (Å²) < 4.78 is 22.9. The molecule has 104 valence electrons. The Kier molecular flexibility index (Phi) is 6.15. The smallest absolute Gasteiger partial charge is 0.325 e. The van der Waals surface area contributed by atoms with Crippen LogP contribution in [-0.2, 0) is 9.53 Å². The predicted octanol–water partition coefficient (Wildman–Crippen LogP) is 3.18. The molecular weight excluding hydrogens is 273 g/mol. The normalized spacial score (nSPS) is 11.5. The molecule has 1 N–H and O–H groups in total. The average Bonchev–Trinajstić information content (AvgIpc) is 2.38. The van der Waals surface area contributed by atoms with Crippen LogP contribution in [0.15, 0.2) is 30.9 Å². The molecule has 0 aromatic heterocycles. The number of esters is 1. The van der Waals surface area contributed by atoms with E-state index < -0.39 is 12.3 Å². The number of hydrogen-bond donors (Lipinski definition) is 1. The van der Waals surface area contributed by atoms with Gasteiger partial charge in [0.25, 0.3) is 6.36 Å². The number of carbonyl (C=O) groups is 1. The van der Waals surface area contributed by atoms with Gasteiger partial charge in [-0.2, -0.15) is 4.39 Å². The number of benzene rings is 1. The molecule has 0 saturated carbocycles. The van der Waals surface area contributed by atoms with E-state index >= 15 is 0 Å². The standard InChI is InChI=1S/C13H15ClFNO3/c1-3-11(15)19-10-7-5-6-9(14)13(10)16-8-12(17)18-4-2/h3,5-7,11,16H,1,4,8H2,2H3. The van der Waals surface area contributed by atoms with Gasteiger partial charge in [0.1, 0.15) is 12.3 Å². The molecular formula is C13H15ClFNO3. The van der Waals surface area contributed by atoms with E-state index in [1.165, 1.54) is 6.07 Å². The highest BCUT2D eigenvalue weighted by atomic mass is 35.5. The van der Waals surface area contributed by atoms with Crippen LogP contribution in [0.2, 0.25) is 5.02 Å². The second-order valence-electron chi connectivity index (χ2n) is 3.48. The van der Waals surface area contributed by atoms with Crippen LogP contribution in [0.3, 0.4) is 0 Å². The average molecular weight is 288 g/mol. The Morgan fingerprint density at radius 2 is 2.37 bits per heavy atom. The van der Waals surface area contributed by atoms with Crippen LogP contribution < -0.4 is 10.1 Å². The number of hydrogen-bond acceptors (Lipinski definition) is 4. The summed E-state index contributed by atoms with van der Waals surface area (Å²) in [5, 5.41) is 3.08. The van der Waals surface area contributed by atoms with Gasteiger partial charge in [-0.3, -0.25) is 4.79 Å². The fourth-order valence-electron chi connectivity index (χ4n) is 1.32. The van der Waals surface area contributed by atoms with Crippen molar-refractivity contribution >= 4 is 23.3 Å². The minimum atomic E-state index is -1.65. The van der Waals surface area contributed by atoms with Crippen molar-refractivity contribution in [1.29, 1.82) is 0 Å². The van der Waals surface area contributed by atoms with Crippen LogP contribution in [0, 0.1) is 0 Å². The van der Waals surface area contributed by atoms with Crippen LogP contribution in [0.5, 0.6) is 5.75 Å². The number of rotatable bonds is 7. The Morgan fingerprint density at radius 3 is 3.00 bits per heavy atom. The summed E-state index contributed by atoms with van der Waals surface area (Å²) in [5.74, 6) is -0.238. The first kappa shape index (κ1) is 15.3. The number of ether oxygens (including phenoxy) is 2. The van der Waals surface area contributed by atoms with Crippen LogP contribution >= 0.6 is 11.6 Å². The zero-order valence-electron chi connectivity index (χ0n) is 10.5. The first-order chi connectivity index (χ1) is 9.08. The third kappa shape index (κ3) is 4.79. The Morgan fingerprint density at radius 1 is 1.63 bits per heavy atom. The van der Waals surface area contributed by atoms with Gasteiger partial charge in [-0.1, -0.05) is 24.2 Å². The molecule has 0 bridgehead atoms. The highest BCUT2D eigenvalue weighted by molar-refractivity contribution is 6.33. The van der Waals surface area contributed by atoms with E-state index in [1.807, 2.05) is 0 Å². The van der Waals surface area contributed by atoms with E-state index in [9.17, 15) is 9.18 Å². The van der Waals surface area contributed by atoms with E-state index in [4.69, 9.17) is 21.1 Å². The molecule has 6 heteroatoms. The Balaban J connectivity index is 2.79. The zero-order valence-corrected chi connectivity index (χ0v) is 11.2. The van der Waals surface area contributed by atoms with Gasteiger partial charge in [0.2, 0.25) is 0 Å². The molecule has 0 fully saturated rings. The number of nitrogens with one attached hydrogen (secondary N) is 1. The molecule has 0 amide bonds. The molecule has 1 aromatic carbocycles. The lowest BCUT2D eigenvalue weighted by Crippen LogP contribution is -2.18. The van der Waals surface area contributed by atoms with E-state index in [2.05, 4.69) is 11.9 Å². The quantitative estimate of drug-likeness (QED) is 0.618. The number of para-hydroxylation sites is 1. The van der Waals surface area contributed by atoms with E-state index in [0.717, 1.165) is 6.08 Å². The molecule has 0 aliphatic carbocycles. The minimum absolute atomic E-state index is 0.0844. The summed E-state index contributed by atoms with van der Waals surface area (Å²) in [4.78, 5) is 11.3. The van der Waals surface area contributed by atoms with Crippen molar-refractivity contribution in [2.24, 2.45) is 0 Å². The van der Waals surface area contributed by atoms with E-state index in [1.54, 1.807) is 19.1 Å². The van der Waals surface area contributed by atoms with Crippen molar-refractivity contribution in [3.63, 3.8) is 0 Å². The van der Waals surface area contributed by atoms with Gasteiger partial charge in [0.15, 0.2) is 0 Å². The molecule has 0 spiro atoms. The summed E-state index contributed by atoms with van der Waals surface area (Å²) in [5.41, 5.74) is 0.335. The third-order valence-corrected chi connectivity index (χ3v) is 2.43. The lowest BCUT2D eigenvalue weighted by atomic mass is 10.3. The maximum Gasteiger partial charge on any atom is 0.325 e. The van der Waals surface area contributed by atoms with Gasteiger partial charge in [-0.05, 0) is 25.1 Å². The Hall–Kier alpha value is -1.75. The Bertz CT molecular complexity index is 454. The monoisotopic (exact) mass is 287 g/mol. The lowest BCUT2D eigenvalue weighted by molar-refractivity contribution is -0.140. The van der Waals surface area contributed by atoms with Crippen molar-refractivity contribution in [3.8, 4) is 5.75 Å². The molecule has 1 aromatic rings. The molecule has 1 atom stereocenters. The molecule has 0 radical (unpaired) electrons. The number of anilines is 1. The van der Waals surface area contributed by atoms with Gasteiger partial charge >= 0.3 is 5.97 Å². The second kappa shape index (κ2) is 7.63. The SMILES string of the molecule is C=CC(F)Oc1cccc(Cl)c1NCC(=O)OCC. The lowest BCUT2D eigenvalue weighted by Gasteiger charge is -2.15. The summed E-state index contributed by atoms with van der Waals surface area (Å²) >= 11 is 5.97. The number of halogens is 2. The van der Waals surface area contributed by atoms with Crippen LogP contribution in [0.4, 0.5) is 10.1 Å². The van der Waals surface area contributed by atoms with E-state index in [0.29, 0.717) is 10.7 Å². The highest BCUT2D eigenvalue weighted by Gasteiger charge is 2.12. The van der Waals surface area contributed by atoms with Crippen molar-refractivity contribution < 1.29 is 18.7 Å². The molecule has 1 unspecified atom stereocenters. The summed E-state index contributed by atoms with van der Waals surface area (Å²) in [6.07, 6.45) is -0.641. The molecule has 0 aliphatic rings. The van der Waals surface area contributed by atoms with Gasteiger partial charge in [-0.15, -0.1) is 0 Å². The maximum atomic E-state index is 13.1. The van der Waals surface area contributed by atoms with Crippen LogP contribution in [0.1, 0.15) is 6.92 Å². The van der Waals surface area contributed by atoms with Gasteiger partial charge in [0.05, 0.1) is 17.3 Å². The van der Waals surface area contributed by atoms with Crippen LogP contribution in [-0.4, -0.2) is 25.5 Å². The molecule has 1 rings (SSSR count). The minimum Gasteiger partial charge on any atom is -0.465 e. The van der Waals surface area contributed by atoms with Crippen LogP contribution in [0.25, 0.3) is 0 Å². The first-order valence-electron chi connectivity index (χ1n) is 5.69. The summed E-state index contributed by atoms with van der Waals surface area (Å²) in [6.45, 7) is 5.19. The Labute approximate surface area is 116 Å². The van der Waals surface area contributed by atoms with Gasteiger partial charge in [-0.25, -0.2) is 0 Å². The maximum absolute atomic E-state index is 13.1. The topological polar surface area (TPSA) is 47.6 Å². The largest absolute Gasteiger partial charge is 0.465 e. The zero-order chi connectivity index (χ0) is 14.3. The van der Waals surface area contributed by atoms with E-state index in [-0.39, 0.29) is 18.9 Å². The second-order valence-corrected chi connectivity index (χ2v) is 3.88. The predicted molar refractivity (Wildman–Crippen MR) is 72.3 cm³/mol. The number of alkyl halides is 1. The fraction of sp³-hybridized carbons (Fsp3) is 0.308. The van der Waals surface area contributed by atoms with Crippen molar-refractivity contribution in [3.05, 3.63) is 35.9 Å². The molecule has 0 saturated heterocycles. The van der Waals surface area contributed by atoms with Gasteiger partial charge < -0.3 is 14.8 Å².